The Balaban J connectivity index is 2.06. The van der Waals surface area contributed by atoms with Crippen molar-refractivity contribution in [1.82, 2.24) is 5.32 Å². The van der Waals surface area contributed by atoms with Gasteiger partial charge in [-0.05, 0) is 36.1 Å². The maximum atomic E-state index is 13.0. The van der Waals surface area contributed by atoms with Crippen LogP contribution in [0.15, 0.2) is 48.5 Å². The van der Waals surface area contributed by atoms with Crippen molar-refractivity contribution in [1.29, 1.82) is 0 Å². The molecule has 1 nitrogen and oxygen atoms in total. The predicted molar refractivity (Wildman–Crippen MR) is 82.0 cm³/mol. The molecule has 0 bridgehead atoms. The number of hydrogen-bond donors (Lipinski definition) is 1. The lowest BCUT2D eigenvalue weighted by molar-refractivity contribution is 0.410. The fraction of sp³-hybridized carbons (Fsp3) is 0.333. The van der Waals surface area contributed by atoms with E-state index in [-0.39, 0.29) is 11.9 Å². The fourth-order valence-electron chi connectivity index (χ4n) is 2.34. The highest BCUT2D eigenvalue weighted by Crippen LogP contribution is 2.22. The Morgan fingerprint density at radius 1 is 0.950 bits per heavy atom. The average molecular weight is 271 g/mol. The second-order valence-electron chi connectivity index (χ2n) is 5.64. The monoisotopic (exact) mass is 271 g/mol. The summed E-state index contributed by atoms with van der Waals surface area (Å²) in [7, 11) is 0. The van der Waals surface area contributed by atoms with Crippen LogP contribution in [0.5, 0.6) is 0 Å². The van der Waals surface area contributed by atoms with Gasteiger partial charge in [0.25, 0.3) is 0 Å². The maximum absolute atomic E-state index is 13.0. The SMILES string of the molecule is Cc1ccc(CNC(c2ccc(F)cc2)C(C)C)cc1. The minimum absolute atomic E-state index is 0.185. The van der Waals surface area contributed by atoms with Crippen LogP contribution in [0.4, 0.5) is 4.39 Å². The van der Waals surface area contributed by atoms with Crippen LogP contribution >= 0.6 is 0 Å². The normalized spacial score (nSPS) is 12.7. The molecule has 20 heavy (non-hydrogen) atoms. The lowest BCUT2D eigenvalue weighted by atomic mass is 9.95. The van der Waals surface area contributed by atoms with E-state index < -0.39 is 0 Å². The van der Waals surface area contributed by atoms with E-state index in [0.717, 1.165) is 12.1 Å². The third-order valence-corrected chi connectivity index (χ3v) is 3.54. The van der Waals surface area contributed by atoms with E-state index in [0.29, 0.717) is 5.92 Å². The van der Waals surface area contributed by atoms with Crippen LogP contribution in [0, 0.1) is 18.7 Å². The first-order valence-corrected chi connectivity index (χ1v) is 7.10. The molecule has 0 spiro atoms. The van der Waals surface area contributed by atoms with E-state index in [1.807, 2.05) is 12.1 Å². The Morgan fingerprint density at radius 3 is 2.10 bits per heavy atom. The molecule has 2 aromatic rings. The molecule has 106 valence electrons. The van der Waals surface area contributed by atoms with Crippen molar-refractivity contribution in [3.05, 3.63) is 71.0 Å². The third kappa shape index (κ3) is 3.91. The molecule has 0 aliphatic heterocycles. The number of nitrogens with one attached hydrogen (secondary N) is 1. The highest BCUT2D eigenvalue weighted by molar-refractivity contribution is 5.23. The van der Waals surface area contributed by atoms with E-state index in [4.69, 9.17) is 0 Å². The van der Waals surface area contributed by atoms with Crippen molar-refractivity contribution >= 4 is 0 Å². The predicted octanol–water partition coefficient (Wildman–Crippen LogP) is 4.62. The summed E-state index contributed by atoms with van der Waals surface area (Å²) < 4.78 is 13.0. The second kappa shape index (κ2) is 6.67. The van der Waals surface area contributed by atoms with Gasteiger partial charge in [0, 0.05) is 12.6 Å². The molecule has 0 saturated carbocycles. The third-order valence-electron chi connectivity index (χ3n) is 3.54. The summed E-state index contributed by atoms with van der Waals surface area (Å²) in [5.41, 5.74) is 3.67. The van der Waals surface area contributed by atoms with Gasteiger partial charge in [-0.25, -0.2) is 4.39 Å². The Bertz CT molecular complexity index is 528. The largest absolute Gasteiger partial charge is 0.306 e. The maximum Gasteiger partial charge on any atom is 0.123 e. The molecule has 1 atom stereocenters. The number of rotatable bonds is 5. The molecular weight excluding hydrogens is 249 g/mol. The van der Waals surface area contributed by atoms with Gasteiger partial charge < -0.3 is 5.32 Å². The smallest absolute Gasteiger partial charge is 0.123 e. The summed E-state index contributed by atoms with van der Waals surface area (Å²) >= 11 is 0. The average Bonchev–Trinajstić information content (AvgIpc) is 2.43. The van der Waals surface area contributed by atoms with Crippen LogP contribution in [-0.4, -0.2) is 0 Å². The lowest BCUT2D eigenvalue weighted by Gasteiger charge is -2.23. The summed E-state index contributed by atoms with van der Waals surface area (Å²) in [6.45, 7) is 7.26. The first-order chi connectivity index (χ1) is 9.56. The first-order valence-electron chi connectivity index (χ1n) is 7.10. The molecule has 0 aliphatic rings. The minimum atomic E-state index is -0.185. The second-order valence-corrected chi connectivity index (χ2v) is 5.64. The molecule has 1 N–H and O–H groups in total. The van der Waals surface area contributed by atoms with Crippen LogP contribution < -0.4 is 5.32 Å². The Hall–Kier alpha value is -1.67. The Morgan fingerprint density at radius 2 is 1.55 bits per heavy atom. The summed E-state index contributed by atoms with van der Waals surface area (Å²) in [4.78, 5) is 0. The Kier molecular flexibility index (Phi) is 4.91. The van der Waals surface area contributed by atoms with E-state index in [9.17, 15) is 4.39 Å². The van der Waals surface area contributed by atoms with Gasteiger partial charge in [0.2, 0.25) is 0 Å². The van der Waals surface area contributed by atoms with Crippen LogP contribution in [0.25, 0.3) is 0 Å². The van der Waals surface area contributed by atoms with Gasteiger partial charge in [-0.1, -0.05) is 55.8 Å². The van der Waals surface area contributed by atoms with E-state index in [1.165, 1.54) is 23.3 Å². The zero-order valence-corrected chi connectivity index (χ0v) is 12.4. The Labute approximate surface area is 120 Å². The van der Waals surface area contributed by atoms with Crippen molar-refractivity contribution in [2.75, 3.05) is 0 Å². The molecule has 1 unspecified atom stereocenters. The van der Waals surface area contributed by atoms with E-state index in [2.05, 4.69) is 50.4 Å². The summed E-state index contributed by atoms with van der Waals surface area (Å²) in [5, 5.41) is 3.57. The number of halogens is 1. The molecule has 0 fully saturated rings. The van der Waals surface area contributed by atoms with Gasteiger partial charge in [0.05, 0.1) is 0 Å². The molecule has 2 rings (SSSR count). The molecular formula is C18H22FN. The lowest BCUT2D eigenvalue weighted by Crippen LogP contribution is -2.25. The summed E-state index contributed by atoms with van der Waals surface area (Å²) in [5.74, 6) is 0.265. The van der Waals surface area contributed by atoms with Gasteiger partial charge in [-0.3, -0.25) is 0 Å². The number of hydrogen-bond acceptors (Lipinski definition) is 1. The van der Waals surface area contributed by atoms with Crippen molar-refractivity contribution in [3.63, 3.8) is 0 Å². The molecule has 2 heteroatoms. The van der Waals surface area contributed by atoms with Gasteiger partial charge in [0.15, 0.2) is 0 Å². The number of benzene rings is 2. The molecule has 0 amide bonds. The highest BCUT2D eigenvalue weighted by Gasteiger charge is 2.15. The van der Waals surface area contributed by atoms with E-state index in [1.54, 1.807) is 0 Å². The molecule has 2 aromatic carbocycles. The van der Waals surface area contributed by atoms with Gasteiger partial charge >= 0.3 is 0 Å². The fourth-order valence-corrected chi connectivity index (χ4v) is 2.34. The van der Waals surface area contributed by atoms with Crippen molar-refractivity contribution in [2.45, 2.75) is 33.4 Å². The van der Waals surface area contributed by atoms with Crippen molar-refractivity contribution in [3.8, 4) is 0 Å². The zero-order chi connectivity index (χ0) is 14.5. The topological polar surface area (TPSA) is 12.0 Å². The van der Waals surface area contributed by atoms with Crippen LogP contribution in [-0.2, 0) is 6.54 Å². The van der Waals surface area contributed by atoms with Crippen molar-refractivity contribution < 1.29 is 4.39 Å². The van der Waals surface area contributed by atoms with Crippen molar-refractivity contribution in [2.24, 2.45) is 5.92 Å². The molecule has 0 radical (unpaired) electrons. The van der Waals surface area contributed by atoms with Gasteiger partial charge in [-0.2, -0.15) is 0 Å². The molecule has 0 aromatic heterocycles. The van der Waals surface area contributed by atoms with E-state index >= 15 is 0 Å². The van der Waals surface area contributed by atoms with Crippen LogP contribution in [0.2, 0.25) is 0 Å². The van der Waals surface area contributed by atoms with Gasteiger partial charge in [-0.15, -0.1) is 0 Å². The standard InChI is InChI=1S/C18H22FN/c1-13(2)18(16-8-10-17(19)11-9-16)20-12-15-6-4-14(3)5-7-15/h4-11,13,18,20H,12H2,1-3H3. The molecule has 0 aliphatic carbocycles. The summed E-state index contributed by atoms with van der Waals surface area (Å²) in [6, 6.07) is 15.5. The minimum Gasteiger partial charge on any atom is -0.306 e. The van der Waals surface area contributed by atoms with Crippen LogP contribution in [0.3, 0.4) is 0 Å². The zero-order valence-electron chi connectivity index (χ0n) is 12.4. The number of aryl methyl sites for hydroxylation is 1. The summed E-state index contributed by atoms with van der Waals surface area (Å²) in [6.07, 6.45) is 0. The first kappa shape index (κ1) is 14.7. The molecule has 0 saturated heterocycles. The molecule has 0 heterocycles. The quantitative estimate of drug-likeness (QED) is 0.836. The highest BCUT2D eigenvalue weighted by atomic mass is 19.1. The van der Waals surface area contributed by atoms with Gasteiger partial charge in [0.1, 0.15) is 5.82 Å². The van der Waals surface area contributed by atoms with Crippen LogP contribution in [0.1, 0.15) is 36.6 Å².